The minimum absolute atomic E-state index is 0.0724. The molecule has 0 aromatic heterocycles. The molecular formula is C22H27BrN2O3. The lowest BCUT2D eigenvalue weighted by molar-refractivity contribution is -0.119. The van der Waals surface area contributed by atoms with Crippen LogP contribution in [0.4, 0.5) is 11.4 Å². The molecule has 0 bridgehead atoms. The van der Waals surface area contributed by atoms with Crippen molar-refractivity contribution in [3.63, 3.8) is 0 Å². The normalized spacial score (nSPS) is 11.2. The van der Waals surface area contributed by atoms with Crippen LogP contribution in [-0.2, 0) is 15.0 Å². The minimum atomic E-state index is -0.268. The Labute approximate surface area is 175 Å². The van der Waals surface area contributed by atoms with E-state index in [4.69, 9.17) is 4.74 Å². The van der Waals surface area contributed by atoms with Gasteiger partial charge in [0.1, 0.15) is 5.75 Å². The third-order valence-corrected chi connectivity index (χ3v) is 4.54. The van der Waals surface area contributed by atoms with E-state index in [-0.39, 0.29) is 29.8 Å². The van der Waals surface area contributed by atoms with Gasteiger partial charge in [-0.2, -0.15) is 0 Å². The summed E-state index contributed by atoms with van der Waals surface area (Å²) in [6.45, 7) is 9.84. The Bertz CT molecular complexity index is 857. The van der Waals surface area contributed by atoms with Crippen LogP contribution in [0.3, 0.4) is 0 Å². The van der Waals surface area contributed by atoms with Crippen molar-refractivity contribution in [3.05, 3.63) is 52.5 Å². The van der Waals surface area contributed by atoms with Crippen LogP contribution in [0, 0.1) is 5.92 Å². The summed E-state index contributed by atoms with van der Waals surface area (Å²) in [6, 6.07) is 12.8. The van der Waals surface area contributed by atoms with E-state index in [0.29, 0.717) is 17.1 Å². The van der Waals surface area contributed by atoms with Gasteiger partial charge >= 0.3 is 0 Å². The first-order valence-corrected chi connectivity index (χ1v) is 9.99. The van der Waals surface area contributed by atoms with E-state index in [1.807, 2.05) is 32.0 Å². The Kier molecular flexibility index (Phi) is 7.24. The van der Waals surface area contributed by atoms with E-state index in [1.54, 1.807) is 24.3 Å². The smallest absolute Gasteiger partial charge is 0.262 e. The molecule has 5 nitrogen and oxygen atoms in total. The highest BCUT2D eigenvalue weighted by Gasteiger charge is 2.20. The van der Waals surface area contributed by atoms with Crippen LogP contribution >= 0.6 is 15.9 Å². The molecule has 0 saturated carbocycles. The summed E-state index contributed by atoms with van der Waals surface area (Å²) >= 11 is 3.48. The van der Waals surface area contributed by atoms with Crippen molar-refractivity contribution in [2.24, 2.45) is 5.92 Å². The van der Waals surface area contributed by atoms with Gasteiger partial charge in [0.2, 0.25) is 5.91 Å². The van der Waals surface area contributed by atoms with Crippen LogP contribution in [0.15, 0.2) is 46.9 Å². The number of nitrogens with one attached hydrogen (secondary N) is 2. The minimum Gasteiger partial charge on any atom is -0.483 e. The molecule has 0 saturated heterocycles. The number of benzene rings is 2. The summed E-state index contributed by atoms with van der Waals surface area (Å²) in [4.78, 5) is 24.1. The molecule has 28 heavy (non-hydrogen) atoms. The third kappa shape index (κ3) is 6.37. The summed E-state index contributed by atoms with van der Waals surface area (Å²) in [6.07, 6.45) is 0. The van der Waals surface area contributed by atoms with Gasteiger partial charge in [-0.05, 0) is 41.8 Å². The van der Waals surface area contributed by atoms with Crippen molar-refractivity contribution in [1.82, 2.24) is 0 Å². The van der Waals surface area contributed by atoms with E-state index in [0.717, 1.165) is 10.0 Å². The van der Waals surface area contributed by atoms with E-state index in [1.165, 1.54) is 0 Å². The second-order valence-electron chi connectivity index (χ2n) is 7.95. The zero-order chi connectivity index (χ0) is 20.9. The summed E-state index contributed by atoms with van der Waals surface area (Å²) in [5.41, 5.74) is 2.15. The Hall–Kier alpha value is -2.34. The monoisotopic (exact) mass is 446 g/mol. The fourth-order valence-corrected chi connectivity index (χ4v) is 2.88. The summed E-state index contributed by atoms with van der Waals surface area (Å²) < 4.78 is 6.74. The first-order chi connectivity index (χ1) is 13.1. The van der Waals surface area contributed by atoms with Crippen molar-refractivity contribution in [2.75, 3.05) is 17.2 Å². The number of ether oxygens (including phenoxy) is 1. The highest BCUT2D eigenvalue weighted by molar-refractivity contribution is 9.10. The molecule has 2 aromatic rings. The van der Waals surface area contributed by atoms with Crippen molar-refractivity contribution in [2.45, 2.75) is 40.0 Å². The Morgan fingerprint density at radius 1 is 1.04 bits per heavy atom. The molecule has 0 fully saturated rings. The first-order valence-electron chi connectivity index (χ1n) is 9.20. The van der Waals surface area contributed by atoms with Crippen molar-refractivity contribution >= 4 is 39.1 Å². The molecule has 0 heterocycles. The molecule has 0 aliphatic heterocycles. The number of anilines is 2. The predicted molar refractivity (Wildman–Crippen MR) is 117 cm³/mol. The highest BCUT2D eigenvalue weighted by atomic mass is 79.9. The average molecular weight is 447 g/mol. The predicted octanol–water partition coefficient (Wildman–Crippen LogP) is 5.36. The van der Waals surface area contributed by atoms with E-state index in [2.05, 4.69) is 47.3 Å². The van der Waals surface area contributed by atoms with Gasteiger partial charge in [-0.15, -0.1) is 0 Å². The highest BCUT2D eigenvalue weighted by Crippen LogP contribution is 2.33. The maximum Gasteiger partial charge on any atom is 0.262 e. The Morgan fingerprint density at radius 2 is 1.68 bits per heavy atom. The molecule has 0 aliphatic rings. The Morgan fingerprint density at radius 3 is 2.29 bits per heavy atom. The van der Waals surface area contributed by atoms with Gasteiger partial charge < -0.3 is 15.4 Å². The summed E-state index contributed by atoms with van der Waals surface area (Å²) in [5.74, 6) is 0.227. The maximum absolute atomic E-state index is 12.3. The SMILES string of the molecule is CC(C)C(=O)Nc1cccc(NC(=O)COc2ccc(Br)cc2C(C)(C)C)c1. The third-order valence-electron chi connectivity index (χ3n) is 4.05. The molecular weight excluding hydrogens is 420 g/mol. The van der Waals surface area contributed by atoms with E-state index < -0.39 is 0 Å². The number of halogens is 1. The van der Waals surface area contributed by atoms with Gasteiger partial charge in [-0.1, -0.05) is 56.6 Å². The molecule has 150 valence electrons. The van der Waals surface area contributed by atoms with Crippen LogP contribution in [0.1, 0.15) is 40.2 Å². The zero-order valence-corrected chi connectivity index (χ0v) is 18.5. The molecule has 2 rings (SSSR count). The van der Waals surface area contributed by atoms with Crippen LogP contribution in [0.5, 0.6) is 5.75 Å². The topological polar surface area (TPSA) is 67.4 Å². The number of amides is 2. The maximum atomic E-state index is 12.3. The second-order valence-corrected chi connectivity index (χ2v) is 8.87. The van der Waals surface area contributed by atoms with Gasteiger partial charge in [-0.3, -0.25) is 9.59 Å². The molecule has 2 amide bonds. The van der Waals surface area contributed by atoms with Crippen molar-refractivity contribution < 1.29 is 14.3 Å². The standard InChI is InChI=1S/C22H27BrN2O3/c1-14(2)21(27)25-17-8-6-7-16(12-17)24-20(26)13-28-19-10-9-15(23)11-18(19)22(3,4)5/h6-12,14H,13H2,1-5H3,(H,24,26)(H,25,27). The summed E-state index contributed by atoms with van der Waals surface area (Å²) in [5, 5.41) is 5.62. The lowest BCUT2D eigenvalue weighted by Gasteiger charge is -2.23. The van der Waals surface area contributed by atoms with Crippen LogP contribution in [-0.4, -0.2) is 18.4 Å². The largest absolute Gasteiger partial charge is 0.483 e. The van der Waals surface area contributed by atoms with E-state index >= 15 is 0 Å². The lowest BCUT2D eigenvalue weighted by Crippen LogP contribution is -2.22. The van der Waals surface area contributed by atoms with Crippen LogP contribution in [0.25, 0.3) is 0 Å². The fraction of sp³-hybridized carbons (Fsp3) is 0.364. The molecule has 2 aromatic carbocycles. The number of carbonyl (C=O) groups is 2. The van der Waals surface area contributed by atoms with Gasteiger partial charge in [-0.25, -0.2) is 0 Å². The van der Waals surface area contributed by atoms with Crippen LogP contribution in [0.2, 0.25) is 0 Å². The lowest BCUT2D eigenvalue weighted by atomic mass is 9.86. The van der Waals surface area contributed by atoms with Gasteiger partial charge in [0.25, 0.3) is 5.91 Å². The molecule has 0 spiro atoms. The first kappa shape index (κ1) is 22.0. The quantitative estimate of drug-likeness (QED) is 0.627. The van der Waals surface area contributed by atoms with E-state index in [9.17, 15) is 9.59 Å². The molecule has 0 atom stereocenters. The summed E-state index contributed by atoms with van der Waals surface area (Å²) in [7, 11) is 0. The van der Waals surface area contributed by atoms with Crippen molar-refractivity contribution in [3.8, 4) is 5.75 Å². The number of rotatable bonds is 6. The molecule has 0 aliphatic carbocycles. The zero-order valence-electron chi connectivity index (χ0n) is 16.9. The van der Waals surface area contributed by atoms with Gasteiger partial charge in [0, 0.05) is 27.3 Å². The molecule has 6 heteroatoms. The number of hydrogen-bond donors (Lipinski definition) is 2. The second kappa shape index (κ2) is 9.24. The molecule has 0 unspecified atom stereocenters. The molecule has 0 radical (unpaired) electrons. The van der Waals surface area contributed by atoms with Gasteiger partial charge in [0.05, 0.1) is 0 Å². The molecule has 2 N–H and O–H groups in total. The fourth-order valence-electron chi connectivity index (χ4n) is 2.52. The van der Waals surface area contributed by atoms with Crippen LogP contribution < -0.4 is 15.4 Å². The number of hydrogen-bond acceptors (Lipinski definition) is 3. The average Bonchev–Trinajstić information content (AvgIpc) is 2.60. The van der Waals surface area contributed by atoms with Crippen molar-refractivity contribution in [1.29, 1.82) is 0 Å². The Balaban J connectivity index is 2.01. The number of carbonyl (C=O) groups excluding carboxylic acids is 2. The van der Waals surface area contributed by atoms with Gasteiger partial charge in [0.15, 0.2) is 6.61 Å².